The van der Waals surface area contributed by atoms with Gasteiger partial charge in [0, 0.05) is 28.8 Å². The van der Waals surface area contributed by atoms with E-state index in [4.69, 9.17) is 4.42 Å². The molecular formula is C25H24N4O5-2. The zero-order valence-electron chi connectivity index (χ0n) is 18.7. The third-order valence-corrected chi connectivity index (χ3v) is 5.47. The van der Waals surface area contributed by atoms with Crippen molar-refractivity contribution in [3.05, 3.63) is 88.5 Å². The number of hydrogen-bond acceptors (Lipinski definition) is 9. The summed E-state index contributed by atoms with van der Waals surface area (Å²) >= 11 is 0. The summed E-state index contributed by atoms with van der Waals surface area (Å²) in [4.78, 5) is 0. The quantitative estimate of drug-likeness (QED) is 0.209. The highest BCUT2D eigenvalue weighted by Crippen LogP contribution is 2.36. The van der Waals surface area contributed by atoms with E-state index in [0.29, 0.717) is 12.8 Å². The molecule has 0 aliphatic rings. The maximum absolute atomic E-state index is 11.0. The van der Waals surface area contributed by atoms with Crippen molar-refractivity contribution in [3.8, 4) is 11.1 Å². The van der Waals surface area contributed by atoms with E-state index in [1.807, 2.05) is 37.3 Å². The lowest BCUT2D eigenvalue weighted by Crippen LogP contribution is -2.14. The minimum Gasteiger partial charge on any atom is -0.769 e. The van der Waals surface area contributed by atoms with Gasteiger partial charge in [0.05, 0.1) is 5.69 Å². The van der Waals surface area contributed by atoms with Crippen molar-refractivity contribution in [2.45, 2.75) is 26.7 Å². The zero-order valence-corrected chi connectivity index (χ0v) is 18.7. The highest BCUT2D eigenvalue weighted by Gasteiger charge is 2.16. The fourth-order valence-electron chi connectivity index (χ4n) is 3.76. The minimum atomic E-state index is -0.621. The molecule has 0 spiro atoms. The number of hydrazone groups is 1. The third-order valence-electron chi connectivity index (χ3n) is 5.47. The van der Waals surface area contributed by atoms with Gasteiger partial charge in [-0.3, -0.25) is 15.8 Å². The summed E-state index contributed by atoms with van der Waals surface area (Å²) in [5, 5.41) is 45.3. The van der Waals surface area contributed by atoms with Gasteiger partial charge >= 0.3 is 0 Å². The van der Waals surface area contributed by atoms with Crippen molar-refractivity contribution >= 4 is 33.7 Å². The van der Waals surface area contributed by atoms with Gasteiger partial charge in [0.2, 0.25) is 0 Å². The molecule has 4 aromatic rings. The molecule has 0 amide bonds. The number of anilines is 3. The number of rotatable bonds is 8. The van der Waals surface area contributed by atoms with Crippen molar-refractivity contribution in [2.24, 2.45) is 5.10 Å². The Morgan fingerprint density at radius 1 is 1.03 bits per heavy atom. The summed E-state index contributed by atoms with van der Waals surface area (Å²) in [5.41, 5.74) is 7.35. The van der Waals surface area contributed by atoms with Gasteiger partial charge in [-0.25, -0.2) is 0 Å². The van der Waals surface area contributed by atoms with E-state index in [-0.39, 0.29) is 22.3 Å². The molecule has 3 aromatic carbocycles. The monoisotopic (exact) mass is 460 g/mol. The van der Waals surface area contributed by atoms with Crippen LogP contribution in [0.1, 0.15) is 24.7 Å². The Hall–Kier alpha value is -3.89. The average Bonchev–Trinajstić information content (AvgIpc) is 3.19. The Morgan fingerprint density at radius 3 is 2.50 bits per heavy atom. The molecule has 0 bridgehead atoms. The lowest BCUT2D eigenvalue weighted by Gasteiger charge is -2.37. The first-order chi connectivity index (χ1) is 16.3. The van der Waals surface area contributed by atoms with Crippen LogP contribution in [-0.2, 0) is 6.42 Å². The van der Waals surface area contributed by atoms with Gasteiger partial charge in [0.25, 0.3) is 0 Å². The van der Waals surface area contributed by atoms with E-state index in [1.54, 1.807) is 0 Å². The normalized spacial score (nSPS) is 11.6. The second kappa shape index (κ2) is 9.94. The molecule has 0 saturated carbocycles. The molecule has 1 heterocycles. The molecule has 0 unspecified atom stereocenters. The molecular weight excluding hydrogens is 436 g/mol. The number of hydrogen-bond donors (Lipinski definition) is 3. The first kappa shape index (κ1) is 23.3. The number of benzene rings is 3. The number of fused-ring (bicyclic) bond motifs is 1. The molecule has 9 nitrogen and oxygen atoms in total. The van der Waals surface area contributed by atoms with Crippen molar-refractivity contribution in [2.75, 3.05) is 15.9 Å². The van der Waals surface area contributed by atoms with Crippen LogP contribution in [0, 0.1) is 17.3 Å². The van der Waals surface area contributed by atoms with Crippen LogP contribution in [0.5, 0.6) is 0 Å². The fraction of sp³-hybridized carbons (Fsp3) is 0.160. The third kappa shape index (κ3) is 5.03. The highest BCUT2D eigenvalue weighted by atomic mass is 16.8. The van der Waals surface area contributed by atoms with Crippen molar-refractivity contribution in [1.82, 2.24) is 0 Å². The summed E-state index contributed by atoms with van der Waals surface area (Å²) in [6.45, 7) is 3.89. The number of furan rings is 1. The molecule has 1 aromatic heterocycles. The van der Waals surface area contributed by atoms with Crippen molar-refractivity contribution in [1.29, 1.82) is 0 Å². The van der Waals surface area contributed by atoms with Gasteiger partial charge in [0.15, 0.2) is 0 Å². The number of nitrogens with one attached hydrogen (secondary N) is 1. The Labute approximate surface area is 196 Å². The van der Waals surface area contributed by atoms with Gasteiger partial charge in [-0.05, 0) is 56.2 Å². The molecule has 0 aliphatic heterocycles. The van der Waals surface area contributed by atoms with Crippen molar-refractivity contribution in [3.63, 3.8) is 0 Å². The standard InChI is InChI=1S/C25H24N4O5/c1-16-8-12-23-20(14-16)25(18-6-4-3-5-7-18)24(34-23)13-9-17(2)26-27-21-11-10-19(28(30)31)15-22(21)29(32)33/h3-8,10-12,14-15,27,32-33H,9,13H2,1-2H3/q-2. The van der Waals surface area contributed by atoms with Crippen molar-refractivity contribution < 1.29 is 14.8 Å². The average molecular weight is 460 g/mol. The van der Waals surface area contributed by atoms with E-state index in [1.165, 1.54) is 12.1 Å². The molecule has 4 rings (SSSR count). The van der Waals surface area contributed by atoms with Crippen LogP contribution in [0.2, 0.25) is 0 Å². The van der Waals surface area contributed by atoms with Crippen LogP contribution >= 0.6 is 0 Å². The molecule has 34 heavy (non-hydrogen) atoms. The SMILES string of the molecule is CC(CCc1oc2ccc(C)cc2c1-c1ccccc1)=NNc1ccc(N([O-])[O-])cc1N(O)O. The smallest absolute Gasteiger partial charge is 0.134 e. The van der Waals surface area contributed by atoms with E-state index in [0.717, 1.165) is 45.2 Å². The van der Waals surface area contributed by atoms with Crippen LogP contribution in [-0.4, -0.2) is 16.1 Å². The van der Waals surface area contributed by atoms with Crippen LogP contribution in [0.25, 0.3) is 22.1 Å². The van der Waals surface area contributed by atoms with Crippen LogP contribution < -0.4 is 15.9 Å². The largest absolute Gasteiger partial charge is 0.769 e. The molecule has 176 valence electrons. The summed E-state index contributed by atoms with van der Waals surface area (Å²) in [6, 6.07) is 19.9. The highest BCUT2D eigenvalue weighted by molar-refractivity contribution is 5.96. The summed E-state index contributed by atoms with van der Waals surface area (Å²) in [5.74, 6) is 0.856. The summed E-state index contributed by atoms with van der Waals surface area (Å²) in [7, 11) is 0. The Morgan fingerprint density at radius 2 is 1.79 bits per heavy atom. The van der Waals surface area contributed by atoms with Gasteiger partial charge in [0.1, 0.15) is 17.0 Å². The van der Waals surface area contributed by atoms with E-state index >= 15 is 0 Å². The van der Waals surface area contributed by atoms with Gasteiger partial charge in [-0.2, -0.15) is 5.10 Å². The predicted octanol–water partition coefficient (Wildman–Crippen LogP) is 6.22. The van der Waals surface area contributed by atoms with Gasteiger partial charge < -0.3 is 20.1 Å². The second-order valence-electron chi connectivity index (χ2n) is 7.97. The maximum atomic E-state index is 11.0. The molecule has 0 aliphatic carbocycles. The number of aryl methyl sites for hydroxylation is 2. The summed E-state index contributed by atoms with van der Waals surface area (Å²) in [6.07, 6.45) is 1.18. The van der Waals surface area contributed by atoms with E-state index in [9.17, 15) is 20.8 Å². The minimum absolute atomic E-state index is 0.178. The van der Waals surface area contributed by atoms with Crippen LogP contribution in [0.3, 0.4) is 0 Å². The van der Waals surface area contributed by atoms with Gasteiger partial charge in [-0.1, -0.05) is 42.0 Å². The topological polar surface area (TPSA) is 131 Å². The Bertz CT molecular complexity index is 1320. The Kier molecular flexibility index (Phi) is 6.80. The second-order valence-corrected chi connectivity index (χ2v) is 7.97. The number of nitrogens with zero attached hydrogens (tertiary/aromatic N) is 3. The maximum Gasteiger partial charge on any atom is 0.134 e. The predicted molar refractivity (Wildman–Crippen MR) is 133 cm³/mol. The van der Waals surface area contributed by atoms with Crippen LogP contribution in [0.4, 0.5) is 17.1 Å². The van der Waals surface area contributed by atoms with E-state index in [2.05, 4.69) is 35.7 Å². The molecule has 0 fully saturated rings. The molecule has 0 saturated heterocycles. The lowest BCUT2D eigenvalue weighted by atomic mass is 9.99. The summed E-state index contributed by atoms with van der Waals surface area (Å²) < 4.78 is 6.20. The fourth-order valence-corrected chi connectivity index (χ4v) is 3.76. The first-order valence-electron chi connectivity index (χ1n) is 10.7. The molecule has 3 N–H and O–H groups in total. The molecule has 9 heteroatoms. The van der Waals surface area contributed by atoms with E-state index < -0.39 is 5.23 Å². The van der Waals surface area contributed by atoms with Gasteiger partial charge in [-0.15, -0.1) is 5.23 Å². The molecule has 0 atom stereocenters. The van der Waals surface area contributed by atoms with Crippen LogP contribution in [0.15, 0.2) is 76.2 Å². The first-order valence-corrected chi connectivity index (χ1v) is 10.7. The Balaban J connectivity index is 1.56. The molecule has 0 radical (unpaired) electrons. The zero-order chi connectivity index (χ0) is 24.2. The lowest BCUT2D eigenvalue weighted by molar-refractivity contribution is 0.0295.